The third-order valence-corrected chi connectivity index (χ3v) is 3.85. The number of esters is 1. The van der Waals surface area contributed by atoms with E-state index in [-0.39, 0.29) is 6.61 Å². The molecule has 0 saturated carbocycles. The molecule has 0 aromatic heterocycles. The fraction of sp³-hybridized carbons (Fsp3) is 0.222. The number of benzene rings is 2. The highest BCUT2D eigenvalue weighted by Crippen LogP contribution is 2.25. The Morgan fingerprint density at radius 2 is 1.92 bits per heavy atom. The van der Waals surface area contributed by atoms with E-state index in [1.54, 1.807) is 0 Å². The molecule has 0 bridgehead atoms. The van der Waals surface area contributed by atoms with Crippen molar-refractivity contribution in [2.45, 2.75) is 19.6 Å². The second-order valence-corrected chi connectivity index (χ2v) is 6.05. The van der Waals surface area contributed by atoms with Crippen molar-refractivity contribution in [3.63, 3.8) is 0 Å². The summed E-state index contributed by atoms with van der Waals surface area (Å²) < 4.78 is 23.6. The first-order valence-electron chi connectivity index (χ1n) is 7.54. The van der Waals surface area contributed by atoms with E-state index >= 15 is 0 Å². The number of carbonyl (C=O) groups excluding carboxylic acids is 2. The van der Waals surface area contributed by atoms with E-state index in [0.717, 1.165) is 5.56 Å². The second-order valence-electron chi connectivity index (χ2n) is 5.20. The van der Waals surface area contributed by atoms with E-state index in [1.165, 1.54) is 25.1 Å². The molecule has 1 N–H and O–H groups in total. The van der Waals surface area contributed by atoms with Gasteiger partial charge in [-0.2, -0.15) is 0 Å². The lowest BCUT2D eigenvalue weighted by Gasteiger charge is -2.14. The summed E-state index contributed by atoms with van der Waals surface area (Å²) in [5.74, 6) is -1.22. The lowest BCUT2D eigenvalue weighted by atomic mass is 10.2. The summed E-state index contributed by atoms with van der Waals surface area (Å²) >= 11 is 3.13. The molecule has 0 radical (unpaired) electrons. The molecule has 0 spiro atoms. The first-order valence-corrected chi connectivity index (χ1v) is 8.34. The predicted octanol–water partition coefficient (Wildman–Crippen LogP) is 3.22. The summed E-state index contributed by atoms with van der Waals surface area (Å²) in [6, 6.07) is 13.2. The number of rotatable bonds is 7. The molecule has 7 heteroatoms. The van der Waals surface area contributed by atoms with Crippen LogP contribution < -0.4 is 10.1 Å². The van der Waals surface area contributed by atoms with E-state index in [2.05, 4.69) is 21.2 Å². The van der Waals surface area contributed by atoms with Crippen molar-refractivity contribution < 1.29 is 23.5 Å². The standard InChI is InChI=1S/C18H17BrFNO4/c1-12(18(23)21-10-13-5-3-2-4-6-13)25-17(22)11-24-16-8-7-14(20)9-15(16)19/h2-9,12H,10-11H2,1H3,(H,21,23)/t12-/m0/s1. The van der Waals surface area contributed by atoms with Gasteiger partial charge in [0.05, 0.1) is 4.47 Å². The highest BCUT2D eigenvalue weighted by molar-refractivity contribution is 9.10. The van der Waals surface area contributed by atoms with Crippen LogP contribution in [0.2, 0.25) is 0 Å². The van der Waals surface area contributed by atoms with E-state index in [4.69, 9.17) is 9.47 Å². The summed E-state index contributed by atoms with van der Waals surface area (Å²) in [5.41, 5.74) is 0.943. The fourth-order valence-electron chi connectivity index (χ4n) is 1.94. The Morgan fingerprint density at radius 1 is 1.20 bits per heavy atom. The SMILES string of the molecule is C[C@H](OC(=O)COc1ccc(F)cc1Br)C(=O)NCc1ccccc1. The number of nitrogens with one attached hydrogen (secondary N) is 1. The molecule has 0 aliphatic rings. The van der Waals surface area contributed by atoms with Crippen LogP contribution in [0.3, 0.4) is 0 Å². The van der Waals surface area contributed by atoms with Crippen LogP contribution in [0.4, 0.5) is 4.39 Å². The van der Waals surface area contributed by atoms with Gasteiger partial charge in [-0.05, 0) is 46.6 Å². The topological polar surface area (TPSA) is 64.6 Å². The Labute approximate surface area is 153 Å². The van der Waals surface area contributed by atoms with Gasteiger partial charge in [-0.25, -0.2) is 9.18 Å². The normalized spacial score (nSPS) is 11.5. The largest absolute Gasteiger partial charge is 0.481 e. The van der Waals surface area contributed by atoms with E-state index < -0.39 is 23.8 Å². The Kier molecular flexibility index (Phi) is 6.94. The molecule has 132 valence electrons. The third kappa shape index (κ3) is 6.19. The van der Waals surface area contributed by atoms with Crippen LogP contribution in [-0.2, 0) is 20.9 Å². The van der Waals surface area contributed by atoms with Crippen LogP contribution >= 0.6 is 15.9 Å². The molecule has 5 nitrogen and oxygen atoms in total. The molecule has 0 unspecified atom stereocenters. The maximum absolute atomic E-state index is 13.0. The van der Waals surface area contributed by atoms with Gasteiger partial charge in [0, 0.05) is 6.54 Å². The first-order chi connectivity index (χ1) is 12.0. The van der Waals surface area contributed by atoms with Gasteiger partial charge in [0.25, 0.3) is 5.91 Å². The molecule has 0 saturated heterocycles. The summed E-state index contributed by atoms with van der Waals surface area (Å²) in [5, 5.41) is 2.69. The molecule has 25 heavy (non-hydrogen) atoms. The van der Waals surface area contributed by atoms with Crippen LogP contribution in [-0.4, -0.2) is 24.6 Å². The van der Waals surface area contributed by atoms with Gasteiger partial charge in [0.2, 0.25) is 0 Å². The van der Waals surface area contributed by atoms with Crippen molar-refractivity contribution in [2.24, 2.45) is 0 Å². The Morgan fingerprint density at radius 3 is 2.60 bits per heavy atom. The van der Waals surface area contributed by atoms with Crippen LogP contribution in [0.1, 0.15) is 12.5 Å². The second kappa shape index (κ2) is 9.17. The molecule has 2 rings (SSSR count). The minimum absolute atomic E-state index is 0.305. The Bertz CT molecular complexity index is 739. The summed E-state index contributed by atoms with van der Waals surface area (Å²) in [7, 11) is 0. The number of halogens is 2. The monoisotopic (exact) mass is 409 g/mol. The molecule has 0 aliphatic carbocycles. The number of hydrogen-bond acceptors (Lipinski definition) is 4. The van der Waals surface area contributed by atoms with Crippen molar-refractivity contribution in [3.05, 3.63) is 64.4 Å². The van der Waals surface area contributed by atoms with Crippen molar-refractivity contribution in [2.75, 3.05) is 6.61 Å². The van der Waals surface area contributed by atoms with E-state index in [0.29, 0.717) is 16.8 Å². The Hall–Kier alpha value is -2.41. The number of carbonyl (C=O) groups is 2. The van der Waals surface area contributed by atoms with Gasteiger partial charge in [0.15, 0.2) is 12.7 Å². The molecular formula is C18H17BrFNO4. The van der Waals surface area contributed by atoms with Gasteiger partial charge in [-0.1, -0.05) is 30.3 Å². The van der Waals surface area contributed by atoms with E-state index in [9.17, 15) is 14.0 Å². The van der Waals surface area contributed by atoms with Crippen molar-refractivity contribution in [1.82, 2.24) is 5.32 Å². The van der Waals surface area contributed by atoms with Crippen molar-refractivity contribution in [1.29, 1.82) is 0 Å². The van der Waals surface area contributed by atoms with Gasteiger partial charge < -0.3 is 14.8 Å². The molecule has 0 aliphatic heterocycles. The van der Waals surface area contributed by atoms with Crippen LogP contribution in [0.25, 0.3) is 0 Å². The quantitative estimate of drug-likeness (QED) is 0.713. The molecule has 0 fully saturated rings. The van der Waals surface area contributed by atoms with Gasteiger partial charge in [-0.15, -0.1) is 0 Å². The zero-order valence-electron chi connectivity index (χ0n) is 13.5. The minimum Gasteiger partial charge on any atom is -0.481 e. The predicted molar refractivity (Wildman–Crippen MR) is 93.4 cm³/mol. The van der Waals surface area contributed by atoms with Crippen molar-refractivity contribution >= 4 is 27.8 Å². The third-order valence-electron chi connectivity index (χ3n) is 3.23. The highest BCUT2D eigenvalue weighted by atomic mass is 79.9. The van der Waals surface area contributed by atoms with Crippen molar-refractivity contribution in [3.8, 4) is 5.75 Å². The highest BCUT2D eigenvalue weighted by Gasteiger charge is 2.18. The smallest absolute Gasteiger partial charge is 0.344 e. The number of ether oxygens (including phenoxy) is 2. The fourth-order valence-corrected chi connectivity index (χ4v) is 2.41. The summed E-state index contributed by atoms with van der Waals surface area (Å²) in [6.07, 6.45) is -0.948. The van der Waals surface area contributed by atoms with Crippen LogP contribution in [0, 0.1) is 5.82 Å². The Balaban J connectivity index is 1.76. The molecular weight excluding hydrogens is 393 g/mol. The number of amides is 1. The summed E-state index contributed by atoms with van der Waals surface area (Å²) in [4.78, 5) is 23.7. The average molecular weight is 410 g/mol. The maximum Gasteiger partial charge on any atom is 0.344 e. The molecule has 1 amide bonds. The lowest BCUT2D eigenvalue weighted by molar-refractivity contribution is -0.156. The maximum atomic E-state index is 13.0. The van der Waals surface area contributed by atoms with Crippen LogP contribution in [0.5, 0.6) is 5.75 Å². The zero-order valence-corrected chi connectivity index (χ0v) is 15.1. The van der Waals surface area contributed by atoms with Gasteiger partial charge in [-0.3, -0.25) is 4.79 Å². The first kappa shape index (κ1) is 18.9. The molecule has 1 atom stereocenters. The molecule has 2 aromatic rings. The number of hydrogen-bond donors (Lipinski definition) is 1. The van der Waals surface area contributed by atoms with Gasteiger partial charge in [0.1, 0.15) is 11.6 Å². The lowest BCUT2D eigenvalue weighted by Crippen LogP contribution is -2.36. The minimum atomic E-state index is -0.948. The average Bonchev–Trinajstić information content (AvgIpc) is 2.59. The molecule has 0 heterocycles. The van der Waals surface area contributed by atoms with E-state index in [1.807, 2.05) is 30.3 Å². The van der Waals surface area contributed by atoms with Gasteiger partial charge >= 0.3 is 5.97 Å². The summed E-state index contributed by atoms with van der Waals surface area (Å²) in [6.45, 7) is 1.44. The zero-order chi connectivity index (χ0) is 18.2. The molecule has 2 aromatic carbocycles. The van der Waals surface area contributed by atoms with Crippen LogP contribution in [0.15, 0.2) is 53.0 Å².